The number of nitrogens with one attached hydrogen (secondary N) is 1. The van der Waals surface area contributed by atoms with Crippen molar-refractivity contribution < 1.29 is 0 Å². The molecule has 98 valence electrons. The molecule has 1 aromatic heterocycles. The van der Waals surface area contributed by atoms with E-state index in [-0.39, 0.29) is 0 Å². The molecule has 3 nitrogen and oxygen atoms in total. The molecule has 2 saturated heterocycles. The highest BCUT2D eigenvalue weighted by Gasteiger charge is 2.38. The third kappa shape index (κ3) is 2.73. The fourth-order valence-electron chi connectivity index (χ4n) is 3.50. The molecule has 3 heterocycles. The molecule has 0 radical (unpaired) electrons. The summed E-state index contributed by atoms with van der Waals surface area (Å²) < 4.78 is 0. The first kappa shape index (κ1) is 12.1. The van der Waals surface area contributed by atoms with Gasteiger partial charge in [0, 0.05) is 37.6 Å². The Labute approximate surface area is 110 Å². The van der Waals surface area contributed by atoms with Gasteiger partial charge in [-0.3, -0.25) is 4.98 Å². The van der Waals surface area contributed by atoms with Gasteiger partial charge in [-0.05, 0) is 56.3 Å². The first-order valence-electron chi connectivity index (χ1n) is 7.15. The zero-order valence-electron chi connectivity index (χ0n) is 11.2. The van der Waals surface area contributed by atoms with Gasteiger partial charge in [-0.2, -0.15) is 0 Å². The third-order valence-corrected chi connectivity index (χ3v) is 4.51. The maximum atomic E-state index is 4.06. The van der Waals surface area contributed by atoms with Crippen LogP contribution in [-0.4, -0.2) is 42.1 Å². The van der Waals surface area contributed by atoms with E-state index in [1.54, 1.807) is 0 Å². The lowest BCUT2D eigenvalue weighted by molar-refractivity contribution is 0.251. The minimum Gasteiger partial charge on any atom is -0.311 e. The number of fused-ring (bicyclic) bond motifs is 2. The van der Waals surface area contributed by atoms with Crippen LogP contribution in [0.3, 0.4) is 0 Å². The van der Waals surface area contributed by atoms with Crippen LogP contribution in [0.15, 0.2) is 24.5 Å². The van der Waals surface area contributed by atoms with Crippen molar-refractivity contribution in [2.75, 3.05) is 20.1 Å². The number of hydrogen-bond acceptors (Lipinski definition) is 3. The van der Waals surface area contributed by atoms with Crippen molar-refractivity contribution in [1.29, 1.82) is 0 Å². The quantitative estimate of drug-likeness (QED) is 0.856. The van der Waals surface area contributed by atoms with Gasteiger partial charge >= 0.3 is 0 Å². The molecule has 3 atom stereocenters. The van der Waals surface area contributed by atoms with Gasteiger partial charge in [0.25, 0.3) is 0 Å². The van der Waals surface area contributed by atoms with Crippen LogP contribution < -0.4 is 5.32 Å². The van der Waals surface area contributed by atoms with E-state index in [4.69, 9.17) is 0 Å². The smallest absolute Gasteiger partial charge is 0.0270 e. The topological polar surface area (TPSA) is 28.2 Å². The predicted molar refractivity (Wildman–Crippen MR) is 73.5 cm³/mol. The molecule has 0 aromatic carbocycles. The Balaban J connectivity index is 1.43. The predicted octanol–water partition coefficient (Wildman–Crippen LogP) is 1.70. The van der Waals surface area contributed by atoms with Crippen molar-refractivity contribution in [3.05, 3.63) is 30.1 Å². The molecule has 3 rings (SSSR count). The number of rotatable bonds is 5. The van der Waals surface area contributed by atoms with Crippen LogP contribution >= 0.6 is 0 Å². The van der Waals surface area contributed by atoms with Crippen LogP contribution in [0.4, 0.5) is 0 Å². The summed E-state index contributed by atoms with van der Waals surface area (Å²) in [6.07, 6.45) is 9.09. The molecule has 2 fully saturated rings. The highest BCUT2D eigenvalue weighted by atomic mass is 15.1. The lowest BCUT2D eigenvalue weighted by Gasteiger charge is -2.26. The monoisotopic (exact) mass is 245 g/mol. The van der Waals surface area contributed by atoms with Crippen LogP contribution in [0.5, 0.6) is 0 Å². The molecular formula is C15H23N3. The Morgan fingerprint density at radius 2 is 2.17 bits per heavy atom. The lowest BCUT2D eigenvalue weighted by Crippen LogP contribution is -2.34. The minimum atomic E-state index is 0.804. The van der Waals surface area contributed by atoms with E-state index < -0.39 is 0 Å². The first-order valence-corrected chi connectivity index (χ1v) is 7.15. The molecule has 3 unspecified atom stereocenters. The molecule has 0 amide bonds. The summed E-state index contributed by atoms with van der Waals surface area (Å²) in [5.41, 5.74) is 1.39. The Kier molecular flexibility index (Phi) is 3.62. The number of likely N-dealkylation sites (N-methyl/N-ethyl adjacent to an activating group) is 1. The summed E-state index contributed by atoms with van der Waals surface area (Å²) in [4.78, 5) is 6.55. The van der Waals surface area contributed by atoms with Crippen molar-refractivity contribution in [3.8, 4) is 0 Å². The Morgan fingerprint density at radius 1 is 1.33 bits per heavy atom. The molecular weight excluding hydrogens is 222 g/mol. The van der Waals surface area contributed by atoms with Crippen LogP contribution in [-0.2, 0) is 6.42 Å². The largest absolute Gasteiger partial charge is 0.311 e. The summed E-state index contributed by atoms with van der Waals surface area (Å²) in [6.45, 7) is 2.40. The van der Waals surface area contributed by atoms with E-state index in [0.29, 0.717) is 0 Å². The summed E-state index contributed by atoms with van der Waals surface area (Å²) in [6, 6.07) is 5.87. The lowest BCUT2D eigenvalue weighted by atomic mass is 9.89. The van der Waals surface area contributed by atoms with Gasteiger partial charge in [-0.15, -0.1) is 0 Å². The molecule has 2 bridgehead atoms. The average molecular weight is 245 g/mol. The zero-order chi connectivity index (χ0) is 12.4. The number of pyridine rings is 1. The van der Waals surface area contributed by atoms with Gasteiger partial charge in [-0.25, -0.2) is 0 Å². The first-order chi connectivity index (χ1) is 8.81. The van der Waals surface area contributed by atoms with Crippen molar-refractivity contribution in [1.82, 2.24) is 15.2 Å². The summed E-state index contributed by atoms with van der Waals surface area (Å²) in [5.74, 6) is 0.881. The molecule has 0 spiro atoms. The third-order valence-electron chi connectivity index (χ3n) is 4.51. The van der Waals surface area contributed by atoms with E-state index >= 15 is 0 Å². The van der Waals surface area contributed by atoms with Crippen LogP contribution in [0.25, 0.3) is 0 Å². The number of hydrogen-bond donors (Lipinski definition) is 1. The number of nitrogens with zero attached hydrogens (tertiary/aromatic N) is 2. The SMILES string of the molecule is CN(CCc1ccncc1)CC1CC2CCC1N2. The molecule has 1 N–H and O–H groups in total. The van der Waals surface area contributed by atoms with E-state index in [2.05, 4.69) is 34.4 Å². The molecule has 2 aliphatic rings. The second-order valence-corrected chi connectivity index (χ2v) is 5.91. The minimum absolute atomic E-state index is 0.804. The summed E-state index contributed by atoms with van der Waals surface area (Å²) in [5, 5.41) is 3.72. The average Bonchev–Trinajstić information content (AvgIpc) is 3.00. The van der Waals surface area contributed by atoms with Crippen molar-refractivity contribution >= 4 is 0 Å². The Hall–Kier alpha value is -0.930. The maximum Gasteiger partial charge on any atom is 0.0270 e. The fraction of sp³-hybridized carbons (Fsp3) is 0.667. The molecule has 3 heteroatoms. The number of aromatic nitrogens is 1. The van der Waals surface area contributed by atoms with Crippen LogP contribution in [0, 0.1) is 5.92 Å². The normalized spacial score (nSPS) is 30.2. The van der Waals surface area contributed by atoms with E-state index in [0.717, 1.165) is 31.0 Å². The Morgan fingerprint density at radius 3 is 2.83 bits per heavy atom. The molecule has 0 aliphatic carbocycles. The maximum absolute atomic E-state index is 4.06. The van der Waals surface area contributed by atoms with Crippen molar-refractivity contribution in [3.63, 3.8) is 0 Å². The van der Waals surface area contributed by atoms with Gasteiger partial charge in [-0.1, -0.05) is 0 Å². The zero-order valence-corrected chi connectivity index (χ0v) is 11.2. The fourth-order valence-corrected chi connectivity index (χ4v) is 3.50. The van der Waals surface area contributed by atoms with Crippen LogP contribution in [0.1, 0.15) is 24.8 Å². The van der Waals surface area contributed by atoms with Gasteiger partial charge in [0.15, 0.2) is 0 Å². The molecule has 18 heavy (non-hydrogen) atoms. The Bertz CT molecular complexity index is 379. The highest BCUT2D eigenvalue weighted by molar-refractivity contribution is 5.09. The molecule has 0 saturated carbocycles. The summed E-state index contributed by atoms with van der Waals surface area (Å²) >= 11 is 0. The summed E-state index contributed by atoms with van der Waals surface area (Å²) in [7, 11) is 2.26. The van der Waals surface area contributed by atoms with Crippen LogP contribution in [0.2, 0.25) is 0 Å². The van der Waals surface area contributed by atoms with Gasteiger partial charge in [0.05, 0.1) is 0 Å². The van der Waals surface area contributed by atoms with E-state index in [9.17, 15) is 0 Å². The van der Waals surface area contributed by atoms with Gasteiger partial charge in [0.1, 0.15) is 0 Å². The van der Waals surface area contributed by atoms with Gasteiger partial charge in [0.2, 0.25) is 0 Å². The van der Waals surface area contributed by atoms with E-state index in [1.165, 1.54) is 31.4 Å². The molecule has 2 aliphatic heterocycles. The van der Waals surface area contributed by atoms with Crippen molar-refractivity contribution in [2.24, 2.45) is 5.92 Å². The van der Waals surface area contributed by atoms with E-state index in [1.807, 2.05) is 12.4 Å². The van der Waals surface area contributed by atoms with Crippen molar-refractivity contribution in [2.45, 2.75) is 37.8 Å². The second-order valence-electron chi connectivity index (χ2n) is 5.91. The highest BCUT2D eigenvalue weighted by Crippen LogP contribution is 2.33. The standard InChI is InChI=1S/C15H23N3/c1-18(9-6-12-4-7-16-8-5-12)11-13-10-14-2-3-15(13)17-14/h4-5,7-8,13-15,17H,2-3,6,9-11H2,1H3. The second kappa shape index (κ2) is 5.37. The van der Waals surface area contributed by atoms with Gasteiger partial charge < -0.3 is 10.2 Å². The molecule has 1 aromatic rings.